The van der Waals surface area contributed by atoms with Crippen molar-refractivity contribution in [3.05, 3.63) is 86.3 Å². The Labute approximate surface area is 197 Å². The quantitative estimate of drug-likeness (QED) is 0.396. The van der Waals surface area contributed by atoms with Crippen molar-refractivity contribution in [2.24, 2.45) is 0 Å². The molecule has 10 heteroatoms. The minimum absolute atomic E-state index is 0.0144. The van der Waals surface area contributed by atoms with Crippen molar-refractivity contribution in [1.82, 2.24) is 0 Å². The summed E-state index contributed by atoms with van der Waals surface area (Å²) >= 11 is 21.6. The van der Waals surface area contributed by atoms with Gasteiger partial charge >= 0.3 is 0 Å². The van der Waals surface area contributed by atoms with Gasteiger partial charge in [0.15, 0.2) is 0 Å². The summed E-state index contributed by atoms with van der Waals surface area (Å²) in [6.07, 6.45) is 0. The lowest BCUT2D eigenvalue weighted by molar-refractivity contribution is -0.114. The van der Waals surface area contributed by atoms with Crippen LogP contribution in [0.2, 0.25) is 15.1 Å². The molecule has 0 fully saturated rings. The van der Waals surface area contributed by atoms with Crippen molar-refractivity contribution in [3.8, 4) is 0 Å². The molecule has 1 amide bonds. The second-order valence-electron chi connectivity index (χ2n) is 6.10. The lowest BCUT2D eigenvalue weighted by atomic mass is 10.3. The molecular weight excluding hydrogens is 535 g/mol. The Morgan fingerprint density at radius 3 is 2.30 bits per heavy atom. The summed E-state index contributed by atoms with van der Waals surface area (Å²) in [6, 6.07) is 17.0. The van der Waals surface area contributed by atoms with Crippen LogP contribution in [-0.2, 0) is 14.8 Å². The fraction of sp³-hybridized carbons (Fsp3) is 0.0500. The predicted molar refractivity (Wildman–Crippen MR) is 125 cm³/mol. The summed E-state index contributed by atoms with van der Waals surface area (Å²) in [5, 5.41) is 3.46. The average molecular weight is 549 g/mol. The Morgan fingerprint density at radius 2 is 1.63 bits per heavy atom. The highest BCUT2D eigenvalue weighted by molar-refractivity contribution is 9.10. The molecule has 0 aliphatic carbocycles. The predicted octanol–water partition coefficient (Wildman–Crippen LogP) is 6.24. The van der Waals surface area contributed by atoms with Crippen LogP contribution in [0.1, 0.15) is 0 Å². The summed E-state index contributed by atoms with van der Waals surface area (Å²) in [5.74, 6) is -0.580. The number of carbonyl (C=O) groups is 1. The van der Waals surface area contributed by atoms with Gasteiger partial charge in [-0.15, -0.1) is 0 Å². The molecule has 0 bridgehead atoms. The van der Waals surface area contributed by atoms with Gasteiger partial charge in [0.2, 0.25) is 5.91 Å². The molecule has 3 aromatic carbocycles. The number of carbonyl (C=O) groups excluding carboxylic acids is 1. The van der Waals surface area contributed by atoms with Crippen LogP contribution in [0.5, 0.6) is 0 Å². The first-order chi connectivity index (χ1) is 14.2. The van der Waals surface area contributed by atoms with Crippen molar-refractivity contribution in [2.45, 2.75) is 4.90 Å². The lowest BCUT2D eigenvalue weighted by Crippen LogP contribution is -2.38. The maximum Gasteiger partial charge on any atom is 0.264 e. The number of sulfonamides is 1. The summed E-state index contributed by atoms with van der Waals surface area (Å²) in [6.45, 7) is -0.523. The second-order valence-corrected chi connectivity index (χ2v) is 10.1. The molecule has 0 spiro atoms. The van der Waals surface area contributed by atoms with Gasteiger partial charge in [0.1, 0.15) is 6.54 Å². The highest BCUT2D eigenvalue weighted by Crippen LogP contribution is 2.33. The fourth-order valence-corrected chi connectivity index (χ4v) is 4.92. The zero-order valence-electron chi connectivity index (χ0n) is 15.2. The third-order valence-corrected chi connectivity index (χ3v) is 7.56. The largest absolute Gasteiger partial charge is 0.324 e. The van der Waals surface area contributed by atoms with Crippen molar-refractivity contribution in [3.63, 3.8) is 0 Å². The monoisotopic (exact) mass is 546 g/mol. The number of nitrogens with one attached hydrogen (secondary N) is 1. The molecule has 0 radical (unpaired) electrons. The van der Waals surface area contributed by atoms with E-state index in [1.165, 1.54) is 30.3 Å². The number of rotatable bonds is 6. The van der Waals surface area contributed by atoms with E-state index in [2.05, 4.69) is 21.2 Å². The maximum absolute atomic E-state index is 13.3. The molecule has 156 valence electrons. The van der Waals surface area contributed by atoms with Gasteiger partial charge in [0.25, 0.3) is 10.0 Å². The van der Waals surface area contributed by atoms with Crippen LogP contribution in [0.15, 0.2) is 76.1 Å². The number of anilines is 2. The first kappa shape index (κ1) is 22.9. The Morgan fingerprint density at radius 1 is 0.933 bits per heavy atom. The molecule has 0 unspecified atom stereocenters. The SMILES string of the molecule is O=C(CN(c1cc(Cl)ccc1Cl)S(=O)(=O)c1ccccc1)Nc1ccc(Br)c(Cl)c1. The van der Waals surface area contributed by atoms with Crippen molar-refractivity contribution < 1.29 is 13.2 Å². The Kier molecular flexibility index (Phi) is 7.31. The highest BCUT2D eigenvalue weighted by atomic mass is 79.9. The minimum atomic E-state index is -4.10. The number of hydrogen-bond donors (Lipinski definition) is 1. The van der Waals surface area contributed by atoms with Crippen LogP contribution < -0.4 is 9.62 Å². The van der Waals surface area contributed by atoms with Gasteiger partial charge in [-0.1, -0.05) is 53.0 Å². The van der Waals surface area contributed by atoms with Crippen LogP contribution in [-0.4, -0.2) is 20.9 Å². The maximum atomic E-state index is 13.3. The lowest BCUT2D eigenvalue weighted by Gasteiger charge is -2.25. The minimum Gasteiger partial charge on any atom is -0.324 e. The molecule has 0 atom stereocenters. The average Bonchev–Trinajstić information content (AvgIpc) is 2.71. The molecule has 0 aliphatic heterocycles. The van der Waals surface area contributed by atoms with E-state index in [9.17, 15) is 13.2 Å². The third-order valence-electron chi connectivity index (χ3n) is 4.00. The van der Waals surface area contributed by atoms with Crippen LogP contribution in [0, 0.1) is 0 Å². The molecule has 0 aliphatic rings. The van der Waals surface area contributed by atoms with Gasteiger partial charge in [-0.2, -0.15) is 0 Å². The van der Waals surface area contributed by atoms with Crippen molar-refractivity contribution in [1.29, 1.82) is 0 Å². The summed E-state index contributed by atoms with van der Waals surface area (Å²) in [7, 11) is -4.10. The number of nitrogens with zero attached hydrogens (tertiary/aromatic N) is 1. The van der Waals surface area contributed by atoms with E-state index in [1.54, 1.807) is 36.4 Å². The molecule has 0 heterocycles. The van der Waals surface area contributed by atoms with Crippen LogP contribution in [0.4, 0.5) is 11.4 Å². The molecule has 1 N–H and O–H groups in total. The van der Waals surface area contributed by atoms with Crippen molar-refractivity contribution in [2.75, 3.05) is 16.2 Å². The summed E-state index contributed by atoms with van der Waals surface area (Å²) in [4.78, 5) is 12.7. The van der Waals surface area contributed by atoms with Crippen LogP contribution >= 0.6 is 50.7 Å². The molecule has 0 saturated heterocycles. The number of hydrogen-bond acceptors (Lipinski definition) is 3. The Bertz CT molecular complexity index is 1190. The van der Waals surface area contributed by atoms with E-state index in [1.807, 2.05) is 0 Å². The first-order valence-corrected chi connectivity index (χ1v) is 11.8. The van der Waals surface area contributed by atoms with E-state index < -0.39 is 22.5 Å². The summed E-state index contributed by atoms with van der Waals surface area (Å²) in [5.41, 5.74) is 0.513. The fourth-order valence-electron chi connectivity index (χ4n) is 2.60. The zero-order valence-corrected chi connectivity index (χ0v) is 19.8. The number of halogens is 4. The van der Waals surface area contributed by atoms with Gasteiger partial charge < -0.3 is 5.32 Å². The van der Waals surface area contributed by atoms with Gasteiger partial charge in [0.05, 0.1) is 20.6 Å². The standard InChI is InChI=1S/C20H14BrCl3N2O3S/c21-16-8-7-14(11-18(16)24)25-20(27)12-26(19-10-13(22)6-9-17(19)23)30(28,29)15-4-2-1-3-5-15/h1-11H,12H2,(H,25,27). The van der Waals surface area contributed by atoms with Gasteiger partial charge in [0, 0.05) is 15.2 Å². The normalized spacial score (nSPS) is 11.2. The van der Waals surface area contributed by atoms with E-state index in [0.29, 0.717) is 15.2 Å². The third kappa shape index (κ3) is 5.28. The number of benzene rings is 3. The van der Waals surface area contributed by atoms with E-state index in [-0.39, 0.29) is 20.6 Å². The molecule has 0 aromatic heterocycles. The second kappa shape index (κ2) is 9.58. The zero-order chi connectivity index (χ0) is 21.9. The van der Waals surface area contributed by atoms with Gasteiger partial charge in [-0.05, 0) is 64.5 Å². The molecule has 0 saturated carbocycles. The smallest absolute Gasteiger partial charge is 0.264 e. The van der Waals surface area contributed by atoms with Crippen molar-refractivity contribution >= 4 is 78.0 Å². The Balaban J connectivity index is 1.98. The first-order valence-electron chi connectivity index (χ1n) is 8.46. The molecule has 3 rings (SSSR count). The van der Waals surface area contributed by atoms with Crippen LogP contribution in [0.3, 0.4) is 0 Å². The van der Waals surface area contributed by atoms with E-state index in [4.69, 9.17) is 34.8 Å². The summed E-state index contributed by atoms with van der Waals surface area (Å²) < 4.78 is 28.2. The van der Waals surface area contributed by atoms with E-state index >= 15 is 0 Å². The topological polar surface area (TPSA) is 66.5 Å². The highest BCUT2D eigenvalue weighted by Gasteiger charge is 2.29. The van der Waals surface area contributed by atoms with E-state index in [0.717, 1.165) is 4.31 Å². The van der Waals surface area contributed by atoms with Crippen LogP contribution in [0.25, 0.3) is 0 Å². The molecule has 5 nitrogen and oxygen atoms in total. The molecular formula is C20H14BrCl3N2O3S. The number of amides is 1. The Hall–Kier alpha value is -1.77. The molecule has 30 heavy (non-hydrogen) atoms. The van der Waals surface area contributed by atoms with Gasteiger partial charge in [-0.3, -0.25) is 9.10 Å². The van der Waals surface area contributed by atoms with Gasteiger partial charge in [-0.25, -0.2) is 8.42 Å². The molecule has 3 aromatic rings.